The van der Waals surface area contributed by atoms with Crippen molar-refractivity contribution in [2.24, 2.45) is 17.6 Å². The molecule has 1 aromatic rings. The molecule has 0 aliphatic heterocycles. The van der Waals surface area contributed by atoms with Crippen LogP contribution < -0.4 is 11.1 Å². The van der Waals surface area contributed by atoms with E-state index in [1.807, 2.05) is 0 Å². The summed E-state index contributed by atoms with van der Waals surface area (Å²) in [5, 5.41) is 10.8. The Bertz CT molecular complexity index is 424. The second-order valence-electron chi connectivity index (χ2n) is 5.70. The van der Waals surface area contributed by atoms with Crippen LogP contribution in [0.3, 0.4) is 0 Å². The van der Waals surface area contributed by atoms with E-state index in [0.717, 1.165) is 25.8 Å². The molecule has 0 spiro atoms. The first kappa shape index (κ1) is 14.0. The zero-order chi connectivity index (χ0) is 13.8. The molecule has 3 N–H and O–H groups in total. The molecule has 0 radical (unpaired) electrons. The molecule has 0 bridgehead atoms. The highest BCUT2D eigenvalue weighted by Gasteiger charge is 2.31. The van der Waals surface area contributed by atoms with Crippen LogP contribution in [-0.2, 0) is 6.54 Å². The van der Waals surface area contributed by atoms with Crippen molar-refractivity contribution < 1.29 is 4.79 Å². The quantitative estimate of drug-likeness (QED) is 0.763. The van der Waals surface area contributed by atoms with E-state index in [1.54, 1.807) is 10.9 Å². The van der Waals surface area contributed by atoms with Gasteiger partial charge in [-0.05, 0) is 31.1 Å². The van der Waals surface area contributed by atoms with Gasteiger partial charge in [-0.3, -0.25) is 9.48 Å². The summed E-state index contributed by atoms with van der Waals surface area (Å²) in [4.78, 5) is 12.0. The van der Waals surface area contributed by atoms with Gasteiger partial charge in [-0.2, -0.15) is 0 Å². The van der Waals surface area contributed by atoms with Crippen LogP contribution in [0.15, 0.2) is 6.20 Å². The number of hydrogen-bond acceptors (Lipinski definition) is 4. The summed E-state index contributed by atoms with van der Waals surface area (Å²) in [6.07, 6.45) is 5.04. The molecule has 0 aromatic carbocycles. The largest absolute Gasteiger partial charge is 0.346 e. The van der Waals surface area contributed by atoms with Gasteiger partial charge in [0.1, 0.15) is 0 Å². The van der Waals surface area contributed by atoms with Gasteiger partial charge in [0.05, 0.1) is 6.20 Å². The Kier molecular flexibility index (Phi) is 4.52. The number of nitrogens with zero attached hydrogens (tertiary/aromatic N) is 3. The van der Waals surface area contributed by atoms with Gasteiger partial charge < -0.3 is 11.1 Å². The van der Waals surface area contributed by atoms with Gasteiger partial charge >= 0.3 is 0 Å². The Hall–Kier alpha value is -1.43. The van der Waals surface area contributed by atoms with Gasteiger partial charge in [-0.25, -0.2) is 0 Å². The number of nitrogens with two attached hydrogens (primary N) is 1. The molecule has 106 valence electrons. The van der Waals surface area contributed by atoms with Crippen molar-refractivity contribution in [3.63, 3.8) is 0 Å². The fraction of sp³-hybridized carbons (Fsp3) is 0.769. The predicted octanol–water partition coefficient (Wildman–Crippen LogP) is 0.791. The van der Waals surface area contributed by atoms with E-state index in [-0.39, 0.29) is 11.9 Å². The maximum atomic E-state index is 12.0. The third-order valence-corrected chi connectivity index (χ3v) is 3.47. The molecule has 1 aliphatic rings. The maximum Gasteiger partial charge on any atom is 0.273 e. The summed E-state index contributed by atoms with van der Waals surface area (Å²) in [6, 6.07) is 0.0771. The van der Waals surface area contributed by atoms with E-state index in [1.165, 1.54) is 0 Å². The molecule has 1 heterocycles. The number of aryl methyl sites for hydroxylation is 1. The Labute approximate surface area is 113 Å². The van der Waals surface area contributed by atoms with Crippen LogP contribution in [0.5, 0.6) is 0 Å². The van der Waals surface area contributed by atoms with Crippen LogP contribution in [0.25, 0.3) is 0 Å². The molecule has 6 heteroatoms. The molecule has 1 aromatic heterocycles. The zero-order valence-corrected chi connectivity index (χ0v) is 11.7. The molecule has 1 unspecified atom stereocenters. The highest BCUT2D eigenvalue weighted by molar-refractivity contribution is 5.92. The topological polar surface area (TPSA) is 85.8 Å². The van der Waals surface area contributed by atoms with Crippen LogP contribution in [-0.4, -0.2) is 33.5 Å². The predicted molar refractivity (Wildman–Crippen MR) is 72.5 cm³/mol. The van der Waals surface area contributed by atoms with Crippen molar-refractivity contribution >= 4 is 5.91 Å². The monoisotopic (exact) mass is 265 g/mol. The number of carbonyl (C=O) groups excluding carboxylic acids is 1. The molecule has 1 amide bonds. The number of rotatable bonds is 7. The SMILES string of the molecule is CC(C)CCn1cc(C(=O)NC(CN)C2CC2)nn1. The molecule has 6 nitrogen and oxygen atoms in total. The van der Waals surface area contributed by atoms with E-state index < -0.39 is 0 Å². The average Bonchev–Trinajstić information content (AvgIpc) is 3.11. The van der Waals surface area contributed by atoms with Crippen LogP contribution >= 0.6 is 0 Å². The van der Waals surface area contributed by atoms with Crippen molar-refractivity contribution in [1.82, 2.24) is 20.3 Å². The fourth-order valence-electron chi connectivity index (χ4n) is 2.01. The van der Waals surface area contributed by atoms with Gasteiger partial charge in [0.15, 0.2) is 5.69 Å². The number of nitrogens with one attached hydrogen (secondary N) is 1. The summed E-state index contributed by atoms with van der Waals surface area (Å²) in [5.41, 5.74) is 6.05. The summed E-state index contributed by atoms with van der Waals surface area (Å²) in [5.74, 6) is 0.987. The molecule has 19 heavy (non-hydrogen) atoms. The minimum absolute atomic E-state index is 0.0771. The Morgan fingerprint density at radius 2 is 2.32 bits per heavy atom. The van der Waals surface area contributed by atoms with Crippen molar-refractivity contribution in [3.05, 3.63) is 11.9 Å². The second kappa shape index (κ2) is 6.14. The minimum atomic E-state index is -0.168. The van der Waals surface area contributed by atoms with Crippen LogP contribution in [0, 0.1) is 11.8 Å². The molecule has 1 fully saturated rings. The molecule has 1 aliphatic carbocycles. The molecule has 1 atom stereocenters. The van der Waals surface area contributed by atoms with E-state index in [4.69, 9.17) is 5.73 Å². The van der Waals surface area contributed by atoms with Crippen LogP contribution in [0.1, 0.15) is 43.6 Å². The normalized spacial score (nSPS) is 16.6. The van der Waals surface area contributed by atoms with Crippen LogP contribution in [0.4, 0.5) is 0 Å². The van der Waals surface area contributed by atoms with Crippen molar-refractivity contribution in [3.8, 4) is 0 Å². The lowest BCUT2D eigenvalue weighted by atomic mass is 10.1. The second-order valence-corrected chi connectivity index (χ2v) is 5.70. The third-order valence-electron chi connectivity index (χ3n) is 3.47. The summed E-state index contributed by atoms with van der Waals surface area (Å²) in [7, 11) is 0. The highest BCUT2D eigenvalue weighted by Crippen LogP contribution is 2.32. The van der Waals surface area contributed by atoms with Gasteiger partial charge in [-0.15, -0.1) is 5.10 Å². The Morgan fingerprint density at radius 1 is 1.58 bits per heavy atom. The van der Waals surface area contributed by atoms with E-state index in [0.29, 0.717) is 24.1 Å². The highest BCUT2D eigenvalue weighted by atomic mass is 16.2. The van der Waals surface area contributed by atoms with Crippen molar-refractivity contribution in [1.29, 1.82) is 0 Å². The smallest absolute Gasteiger partial charge is 0.273 e. The van der Waals surface area contributed by atoms with E-state index in [2.05, 4.69) is 29.5 Å². The zero-order valence-electron chi connectivity index (χ0n) is 11.7. The minimum Gasteiger partial charge on any atom is -0.346 e. The number of carbonyl (C=O) groups is 1. The lowest BCUT2D eigenvalue weighted by Gasteiger charge is -2.14. The summed E-state index contributed by atoms with van der Waals surface area (Å²) < 4.78 is 1.73. The van der Waals surface area contributed by atoms with Crippen LogP contribution in [0.2, 0.25) is 0 Å². The molecule has 1 saturated carbocycles. The lowest BCUT2D eigenvalue weighted by molar-refractivity contribution is 0.0928. The van der Waals surface area contributed by atoms with Gasteiger partial charge in [-0.1, -0.05) is 19.1 Å². The third kappa shape index (κ3) is 4.02. The average molecular weight is 265 g/mol. The summed E-state index contributed by atoms with van der Waals surface area (Å²) >= 11 is 0. The number of amides is 1. The van der Waals surface area contributed by atoms with E-state index in [9.17, 15) is 4.79 Å². The molecular formula is C13H23N5O. The number of hydrogen-bond donors (Lipinski definition) is 2. The number of aromatic nitrogens is 3. The molecular weight excluding hydrogens is 242 g/mol. The Balaban J connectivity index is 1.88. The summed E-state index contributed by atoms with van der Waals surface area (Å²) in [6.45, 7) is 5.59. The van der Waals surface area contributed by atoms with Gasteiger partial charge in [0, 0.05) is 19.1 Å². The molecule has 0 saturated heterocycles. The van der Waals surface area contributed by atoms with Crippen molar-refractivity contribution in [2.45, 2.75) is 45.7 Å². The lowest BCUT2D eigenvalue weighted by Crippen LogP contribution is -2.41. The first-order chi connectivity index (χ1) is 9.10. The van der Waals surface area contributed by atoms with Gasteiger partial charge in [0.25, 0.3) is 5.91 Å². The van der Waals surface area contributed by atoms with Crippen molar-refractivity contribution in [2.75, 3.05) is 6.54 Å². The first-order valence-corrected chi connectivity index (χ1v) is 7.01. The van der Waals surface area contributed by atoms with E-state index >= 15 is 0 Å². The first-order valence-electron chi connectivity index (χ1n) is 7.01. The standard InChI is InChI=1S/C13H23N5O/c1-9(2)5-6-18-8-12(16-17-18)13(19)15-11(7-14)10-3-4-10/h8-11H,3-7,14H2,1-2H3,(H,15,19). The van der Waals surface area contributed by atoms with Gasteiger partial charge in [0.2, 0.25) is 0 Å². The fourth-order valence-corrected chi connectivity index (χ4v) is 2.01. The maximum absolute atomic E-state index is 12.0. The Morgan fingerprint density at radius 3 is 2.89 bits per heavy atom. The molecule has 2 rings (SSSR count).